The monoisotopic (exact) mass is 325 g/mol. The molecule has 0 aliphatic heterocycles. The Morgan fingerprint density at radius 1 is 1.21 bits per heavy atom. The smallest absolute Gasteiger partial charge is 0.276 e. The van der Waals surface area contributed by atoms with Crippen molar-refractivity contribution in [2.75, 3.05) is 5.32 Å². The second kappa shape index (κ2) is 7.43. The third-order valence-electron chi connectivity index (χ3n) is 4.47. The first-order valence-electron chi connectivity index (χ1n) is 8.69. The van der Waals surface area contributed by atoms with Gasteiger partial charge in [-0.15, -0.1) is 0 Å². The van der Waals surface area contributed by atoms with Crippen molar-refractivity contribution < 1.29 is 4.79 Å². The van der Waals surface area contributed by atoms with Crippen LogP contribution in [0.25, 0.3) is 0 Å². The highest BCUT2D eigenvalue weighted by atomic mass is 16.2. The maximum absolute atomic E-state index is 12.5. The number of aryl methyl sites for hydroxylation is 2. The van der Waals surface area contributed by atoms with Crippen molar-refractivity contribution in [3.05, 3.63) is 57.5 Å². The van der Waals surface area contributed by atoms with E-state index in [-0.39, 0.29) is 17.2 Å². The lowest BCUT2D eigenvalue weighted by molar-refractivity contribution is 0.101. The Morgan fingerprint density at radius 3 is 2.88 bits per heavy atom. The van der Waals surface area contributed by atoms with Gasteiger partial charge in [-0.1, -0.05) is 25.5 Å². The zero-order chi connectivity index (χ0) is 16.9. The molecule has 1 heterocycles. The minimum absolute atomic E-state index is 0.169. The number of nitrogens with one attached hydrogen (secondary N) is 1. The van der Waals surface area contributed by atoms with Crippen LogP contribution in [0.15, 0.2) is 35.1 Å². The number of hydrogen-bond acceptors (Lipinski definition) is 3. The van der Waals surface area contributed by atoms with Crippen LogP contribution in [0.5, 0.6) is 0 Å². The summed E-state index contributed by atoms with van der Waals surface area (Å²) in [7, 11) is 0. The van der Waals surface area contributed by atoms with Crippen LogP contribution in [-0.4, -0.2) is 15.7 Å². The minimum atomic E-state index is -0.265. The summed E-state index contributed by atoms with van der Waals surface area (Å²) in [6.07, 6.45) is 6.26. The fraction of sp³-hybridized carbons (Fsp3) is 0.421. The van der Waals surface area contributed by atoms with Crippen molar-refractivity contribution in [3.63, 3.8) is 0 Å². The first kappa shape index (κ1) is 16.4. The van der Waals surface area contributed by atoms with Crippen LogP contribution < -0.4 is 10.9 Å². The van der Waals surface area contributed by atoms with E-state index in [2.05, 4.69) is 23.4 Å². The molecular formula is C19H23N3O2. The van der Waals surface area contributed by atoms with E-state index in [1.807, 2.05) is 12.1 Å². The molecule has 1 aliphatic rings. The number of rotatable bonds is 5. The second-order valence-corrected chi connectivity index (χ2v) is 6.24. The van der Waals surface area contributed by atoms with Gasteiger partial charge >= 0.3 is 0 Å². The first-order chi connectivity index (χ1) is 11.7. The van der Waals surface area contributed by atoms with Gasteiger partial charge < -0.3 is 5.32 Å². The Morgan fingerprint density at radius 2 is 2.04 bits per heavy atom. The highest BCUT2D eigenvalue weighted by Gasteiger charge is 2.16. The third-order valence-corrected chi connectivity index (χ3v) is 4.47. The van der Waals surface area contributed by atoms with Gasteiger partial charge in [0, 0.05) is 18.3 Å². The van der Waals surface area contributed by atoms with Crippen LogP contribution in [0, 0.1) is 0 Å². The lowest BCUT2D eigenvalue weighted by Gasteiger charge is -2.19. The summed E-state index contributed by atoms with van der Waals surface area (Å²) in [5, 5.41) is 7.18. The van der Waals surface area contributed by atoms with Gasteiger partial charge in [0.1, 0.15) is 5.69 Å². The fourth-order valence-corrected chi connectivity index (χ4v) is 3.12. The number of anilines is 1. The molecule has 0 unspecified atom stereocenters. The van der Waals surface area contributed by atoms with Gasteiger partial charge in [0.15, 0.2) is 0 Å². The van der Waals surface area contributed by atoms with Crippen molar-refractivity contribution in [3.8, 4) is 0 Å². The average Bonchev–Trinajstić information content (AvgIpc) is 2.61. The van der Waals surface area contributed by atoms with Gasteiger partial charge in [-0.25, -0.2) is 4.68 Å². The summed E-state index contributed by atoms with van der Waals surface area (Å²) in [4.78, 5) is 24.4. The molecule has 0 saturated carbocycles. The molecule has 0 saturated heterocycles. The lowest BCUT2D eigenvalue weighted by Crippen LogP contribution is -2.26. The predicted molar refractivity (Wildman–Crippen MR) is 94.4 cm³/mol. The molecule has 24 heavy (non-hydrogen) atoms. The largest absolute Gasteiger partial charge is 0.320 e. The van der Waals surface area contributed by atoms with E-state index in [4.69, 9.17) is 0 Å². The molecule has 5 nitrogen and oxygen atoms in total. The minimum Gasteiger partial charge on any atom is -0.320 e. The SMILES string of the molecule is CCCCn1nc(C(=O)Nc2cccc3c2CCCC3)ccc1=O. The number of benzene rings is 1. The molecule has 0 radical (unpaired) electrons. The zero-order valence-electron chi connectivity index (χ0n) is 14.0. The van der Waals surface area contributed by atoms with Gasteiger partial charge in [-0.3, -0.25) is 9.59 Å². The Labute approximate surface area is 141 Å². The molecule has 126 valence electrons. The molecule has 2 aromatic rings. The third kappa shape index (κ3) is 3.55. The Kier molecular flexibility index (Phi) is 5.08. The van der Waals surface area contributed by atoms with Crippen molar-refractivity contribution in [1.29, 1.82) is 0 Å². The van der Waals surface area contributed by atoms with Gasteiger partial charge in [0.25, 0.3) is 11.5 Å². The van der Waals surface area contributed by atoms with Crippen LogP contribution in [0.3, 0.4) is 0 Å². The summed E-state index contributed by atoms with van der Waals surface area (Å²) in [6.45, 7) is 2.59. The summed E-state index contributed by atoms with van der Waals surface area (Å²) >= 11 is 0. The number of amides is 1. The fourth-order valence-electron chi connectivity index (χ4n) is 3.12. The molecule has 1 amide bonds. The molecule has 0 atom stereocenters. The highest BCUT2D eigenvalue weighted by Crippen LogP contribution is 2.28. The lowest BCUT2D eigenvalue weighted by atomic mass is 9.90. The molecule has 1 aromatic heterocycles. The molecular weight excluding hydrogens is 302 g/mol. The van der Waals surface area contributed by atoms with Crippen LogP contribution in [0.2, 0.25) is 0 Å². The molecule has 0 fully saturated rings. The highest BCUT2D eigenvalue weighted by molar-refractivity contribution is 6.03. The van der Waals surface area contributed by atoms with Crippen LogP contribution in [-0.2, 0) is 19.4 Å². The number of carbonyl (C=O) groups is 1. The number of fused-ring (bicyclic) bond motifs is 1. The van der Waals surface area contributed by atoms with E-state index in [9.17, 15) is 9.59 Å². The first-order valence-corrected chi connectivity index (χ1v) is 8.69. The van der Waals surface area contributed by atoms with Crippen molar-refractivity contribution in [2.24, 2.45) is 0 Å². The molecule has 5 heteroatoms. The van der Waals surface area contributed by atoms with Crippen LogP contribution >= 0.6 is 0 Å². The van der Waals surface area contributed by atoms with E-state index in [0.29, 0.717) is 6.54 Å². The standard InChI is InChI=1S/C19H23N3O2/c1-2-3-13-22-18(23)12-11-17(21-22)19(24)20-16-10-6-8-14-7-4-5-9-15(14)16/h6,8,10-12H,2-5,7,9,13H2,1H3,(H,20,24). The van der Waals surface area contributed by atoms with E-state index in [1.54, 1.807) is 0 Å². The van der Waals surface area contributed by atoms with Crippen molar-refractivity contribution in [1.82, 2.24) is 9.78 Å². The van der Waals surface area contributed by atoms with Crippen molar-refractivity contribution >= 4 is 11.6 Å². The van der Waals surface area contributed by atoms with E-state index in [1.165, 1.54) is 34.4 Å². The summed E-state index contributed by atoms with van der Waals surface area (Å²) in [5.41, 5.74) is 3.53. The number of carbonyl (C=O) groups excluding carboxylic acids is 1. The summed E-state index contributed by atoms with van der Waals surface area (Å²) < 4.78 is 1.37. The topological polar surface area (TPSA) is 64.0 Å². The second-order valence-electron chi connectivity index (χ2n) is 6.24. The molecule has 0 bridgehead atoms. The maximum Gasteiger partial charge on any atom is 0.276 e. The summed E-state index contributed by atoms with van der Waals surface area (Å²) in [5.74, 6) is -0.265. The predicted octanol–water partition coefficient (Wildman–Crippen LogP) is 3.17. The average molecular weight is 325 g/mol. The summed E-state index contributed by atoms with van der Waals surface area (Å²) in [6, 6.07) is 8.96. The van der Waals surface area contributed by atoms with Crippen LogP contribution in [0.1, 0.15) is 54.2 Å². The number of nitrogens with zero attached hydrogens (tertiary/aromatic N) is 2. The molecule has 3 rings (SSSR count). The molecule has 1 aromatic carbocycles. The van der Waals surface area contributed by atoms with E-state index >= 15 is 0 Å². The number of hydrogen-bond donors (Lipinski definition) is 1. The van der Waals surface area contributed by atoms with E-state index in [0.717, 1.165) is 37.8 Å². The van der Waals surface area contributed by atoms with Gasteiger partial charge in [0.05, 0.1) is 0 Å². The number of unbranched alkanes of at least 4 members (excludes halogenated alkanes) is 1. The number of aromatic nitrogens is 2. The van der Waals surface area contributed by atoms with Gasteiger partial charge in [-0.2, -0.15) is 5.10 Å². The Hall–Kier alpha value is -2.43. The van der Waals surface area contributed by atoms with Crippen molar-refractivity contribution in [2.45, 2.75) is 52.0 Å². The van der Waals surface area contributed by atoms with Gasteiger partial charge in [0.2, 0.25) is 0 Å². The van der Waals surface area contributed by atoms with Crippen LogP contribution in [0.4, 0.5) is 5.69 Å². The molecule has 0 spiro atoms. The zero-order valence-corrected chi connectivity index (χ0v) is 14.0. The molecule has 1 N–H and O–H groups in total. The normalized spacial score (nSPS) is 13.4. The van der Waals surface area contributed by atoms with E-state index < -0.39 is 0 Å². The Bertz CT molecular complexity index is 795. The quantitative estimate of drug-likeness (QED) is 0.918. The molecule has 1 aliphatic carbocycles. The van der Waals surface area contributed by atoms with Gasteiger partial charge in [-0.05, 0) is 55.4 Å². The Balaban J connectivity index is 1.82. The maximum atomic E-state index is 12.5.